The van der Waals surface area contributed by atoms with E-state index in [0.29, 0.717) is 23.4 Å². The van der Waals surface area contributed by atoms with Crippen LogP contribution in [-0.2, 0) is 0 Å². The van der Waals surface area contributed by atoms with Crippen molar-refractivity contribution in [3.8, 4) is 0 Å². The average molecular weight is 288 g/mol. The average Bonchev–Trinajstić information content (AvgIpc) is 2.46. The van der Waals surface area contributed by atoms with Crippen molar-refractivity contribution in [3.63, 3.8) is 0 Å². The minimum Gasteiger partial charge on any atom is -0.396 e. The largest absolute Gasteiger partial charge is 0.396 e. The first-order valence-corrected chi connectivity index (χ1v) is 8.80. The zero-order valence-corrected chi connectivity index (χ0v) is 14.1. The third kappa shape index (κ3) is 2.23. The van der Waals surface area contributed by atoms with Gasteiger partial charge in [0.15, 0.2) is 0 Å². The van der Waals surface area contributed by atoms with Gasteiger partial charge in [-0.3, -0.25) is 0 Å². The maximum absolute atomic E-state index is 9.99. The van der Waals surface area contributed by atoms with Crippen molar-refractivity contribution in [2.24, 2.45) is 28.1 Å². The Bertz CT molecular complexity index is 464. The Morgan fingerprint density at radius 1 is 1.29 bits per heavy atom. The number of allylic oxidation sites excluding steroid dienone is 3. The van der Waals surface area contributed by atoms with Crippen LogP contribution < -0.4 is 0 Å². The normalized spacial score (nSPS) is 49.8. The monoisotopic (exact) mass is 288 g/mol. The molecule has 2 fully saturated rings. The fraction of sp³-hybridized carbons (Fsp3) is 0.800. The summed E-state index contributed by atoms with van der Waals surface area (Å²) in [6, 6.07) is 0. The quantitative estimate of drug-likeness (QED) is 0.700. The summed E-state index contributed by atoms with van der Waals surface area (Å²) in [7, 11) is 0. The fourth-order valence-electron chi connectivity index (χ4n) is 5.93. The van der Waals surface area contributed by atoms with Gasteiger partial charge in [0, 0.05) is 6.61 Å². The zero-order chi connectivity index (χ0) is 15.3. The molecule has 0 aromatic carbocycles. The number of fused-ring (bicyclic) bond motifs is 3. The van der Waals surface area contributed by atoms with Crippen LogP contribution in [0.4, 0.5) is 0 Å². The molecule has 21 heavy (non-hydrogen) atoms. The molecule has 0 heterocycles. The van der Waals surface area contributed by atoms with Crippen molar-refractivity contribution in [3.05, 3.63) is 24.3 Å². The van der Waals surface area contributed by atoms with Gasteiger partial charge in [-0.05, 0) is 66.6 Å². The van der Waals surface area contributed by atoms with Gasteiger partial charge in [-0.2, -0.15) is 0 Å². The lowest BCUT2D eigenvalue weighted by Crippen LogP contribution is -2.52. The highest BCUT2D eigenvalue weighted by molar-refractivity contribution is 5.25. The maximum atomic E-state index is 9.99. The Labute approximate surface area is 130 Å². The first kappa shape index (κ1) is 15.3. The van der Waals surface area contributed by atoms with Gasteiger partial charge in [-0.1, -0.05) is 44.9 Å². The molecule has 0 spiro atoms. The molecule has 0 bridgehead atoms. The van der Waals surface area contributed by atoms with Crippen LogP contribution in [0.1, 0.15) is 65.7 Å². The van der Waals surface area contributed by atoms with Crippen LogP contribution in [0.15, 0.2) is 24.3 Å². The summed E-state index contributed by atoms with van der Waals surface area (Å²) in [5.41, 5.74) is 2.54. The molecule has 0 aromatic heterocycles. The van der Waals surface area contributed by atoms with Gasteiger partial charge in [0.05, 0.1) is 0 Å². The lowest BCUT2D eigenvalue weighted by Gasteiger charge is -2.59. The maximum Gasteiger partial charge on any atom is 0.0487 e. The minimum absolute atomic E-state index is 0.133. The van der Waals surface area contributed by atoms with E-state index < -0.39 is 0 Å². The molecule has 0 saturated heterocycles. The van der Waals surface area contributed by atoms with Gasteiger partial charge < -0.3 is 5.11 Å². The Hall–Kier alpha value is -0.560. The van der Waals surface area contributed by atoms with Crippen molar-refractivity contribution >= 4 is 0 Å². The van der Waals surface area contributed by atoms with Gasteiger partial charge in [-0.25, -0.2) is 0 Å². The molecule has 0 radical (unpaired) electrons. The highest BCUT2D eigenvalue weighted by atomic mass is 16.3. The second kappa shape index (κ2) is 4.98. The molecule has 3 rings (SSSR count). The Kier molecular flexibility index (Phi) is 3.64. The Morgan fingerprint density at radius 2 is 2.05 bits per heavy atom. The number of aliphatic hydroxyl groups excluding tert-OH is 1. The van der Waals surface area contributed by atoms with Crippen molar-refractivity contribution in [1.82, 2.24) is 0 Å². The van der Waals surface area contributed by atoms with Gasteiger partial charge in [-0.15, -0.1) is 6.58 Å². The molecule has 2 saturated carbocycles. The Morgan fingerprint density at radius 3 is 2.71 bits per heavy atom. The van der Waals surface area contributed by atoms with Gasteiger partial charge >= 0.3 is 0 Å². The van der Waals surface area contributed by atoms with E-state index >= 15 is 0 Å². The molecule has 1 N–H and O–H groups in total. The van der Waals surface area contributed by atoms with Crippen LogP contribution in [0.2, 0.25) is 0 Å². The summed E-state index contributed by atoms with van der Waals surface area (Å²) in [5, 5.41) is 9.99. The fourth-order valence-corrected chi connectivity index (χ4v) is 5.93. The van der Waals surface area contributed by atoms with E-state index in [1.54, 1.807) is 5.57 Å². The molecule has 1 heteroatoms. The molecule has 0 amide bonds. The highest BCUT2D eigenvalue weighted by Crippen LogP contribution is 2.63. The van der Waals surface area contributed by atoms with E-state index in [0.717, 1.165) is 5.92 Å². The summed E-state index contributed by atoms with van der Waals surface area (Å²) in [4.78, 5) is 0. The summed E-state index contributed by atoms with van der Waals surface area (Å²) in [6.07, 6.45) is 13.5. The van der Waals surface area contributed by atoms with Crippen LogP contribution in [0.3, 0.4) is 0 Å². The van der Waals surface area contributed by atoms with Crippen LogP contribution in [0, 0.1) is 28.1 Å². The van der Waals surface area contributed by atoms with Crippen molar-refractivity contribution in [2.75, 3.05) is 6.61 Å². The smallest absolute Gasteiger partial charge is 0.0487 e. The summed E-state index contributed by atoms with van der Waals surface area (Å²) >= 11 is 0. The van der Waals surface area contributed by atoms with Crippen molar-refractivity contribution in [1.29, 1.82) is 0 Å². The third-order valence-electron chi connectivity index (χ3n) is 7.43. The standard InChI is InChI=1S/C20H32O/c1-5-18(2)12-9-16-15(13-18)7-8-17-19(3,14-21)10-6-11-20(16,17)4/h5,7,16-17,21H,1,6,8-14H2,2-4H3/t16-,17-,18-,19-,20+/m0/s1. The molecular formula is C20H32O. The van der Waals surface area contributed by atoms with E-state index in [1.807, 2.05) is 0 Å². The molecule has 0 aliphatic heterocycles. The molecule has 1 nitrogen and oxygen atoms in total. The highest BCUT2D eigenvalue weighted by Gasteiger charge is 2.55. The van der Waals surface area contributed by atoms with Crippen LogP contribution in [0.25, 0.3) is 0 Å². The Balaban J connectivity index is 1.94. The second-order valence-electron chi connectivity index (χ2n) is 8.87. The van der Waals surface area contributed by atoms with Crippen LogP contribution >= 0.6 is 0 Å². The summed E-state index contributed by atoms with van der Waals surface area (Å²) in [6.45, 7) is 11.6. The van der Waals surface area contributed by atoms with Crippen molar-refractivity contribution < 1.29 is 5.11 Å². The SMILES string of the molecule is C=C[C@@]1(C)CC[C@H]2C(=CC[C@H]3[C@](C)(CO)CCC[C@]23C)C1. The molecular weight excluding hydrogens is 256 g/mol. The van der Waals surface area contributed by atoms with Crippen molar-refractivity contribution in [2.45, 2.75) is 65.7 Å². The molecule has 3 aliphatic carbocycles. The molecule has 0 unspecified atom stereocenters. The molecule has 3 aliphatic rings. The van der Waals surface area contributed by atoms with Crippen LogP contribution in [0.5, 0.6) is 0 Å². The number of rotatable bonds is 2. The van der Waals surface area contributed by atoms with Crippen LogP contribution in [-0.4, -0.2) is 11.7 Å². The predicted molar refractivity (Wildman–Crippen MR) is 89.0 cm³/mol. The zero-order valence-electron chi connectivity index (χ0n) is 14.1. The van der Waals surface area contributed by atoms with E-state index in [1.165, 1.54) is 44.9 Å². The predicted octanol–water partition coefficient (Wildman–Crippen LogP) is 5.11. The second-order valence-corrected chi connectivity index (χ2v) is 8.87. The molecule has 5 atom stereocenters. The first-order chi connectivity index (χ1) is 9.87. The number of hydrogen-bond donors (Lipinski definition) is 1. The lowest BCUT2D eigenvalue weighted by atomic mass is 9.45. The topological polar surface area (TPSA) is 20.2 Å². The van der Waals surface area contributed by atoms with Gasteiger partial charge in [0.1, 0.15) is 0 Å². The lowest BCUT2D eigenvalue weighted by molar-refractivity contribution is -0.0805. The number of aliphatic hydroxyl groups is 1. The first-order valence-electron chi connectivity index (χ1n) is 8.80. The van der Waals surface area contributed by atoms with Gasteiger partial charge in [0.2, 0.25) is 0 Å². The van der Waals surface area contributed by atoms with Gasteiger partial charge in [0.25, 0.3) is 0 Å². The van der Waals surface area contributed by atoms with E-state index in [9.17, 15) is 5.11 Å². The minimum atomic E-state index is 0.133. The van der Waals surface area contributed by atoms with E-state index in [2.05, 4.69) is 39.5 Å². The molecule has 0 aromatic rings. The molecule has 118 valence electrons. The van der Waals surface area contributed by atoms with E-state index in [-0.39, 0.29) is 5.41 Å². The number of hydrogen-bond acceptors (Lipinski definition) is 1. The summed E-state index contributed by atoms with van der Waals surface area (Å²) in [5.74, 6) is 1.40. The summed E-state index contributed by atoms with van der Waals surface area (Å²) < 4.78 is 0. The third-order valence-corrected chi connectivity index (χ3v) is 7.43. The van der Waals surface area contributed by atoms with E-state index in [4.69, 9.17) is 0 Å².